The third kappa shape index (κ3) is 3.38. The fourth-order valence-corrected chi connectivity index (χ4v) is 2.62. The van der Waals surface area contributed by atoms with Crippen LogP contribution < -0.4 is 10.1 Å². The van der Waals surface area contributed by atoms with Gasteiger partial charge < -0.3 is 10.1 Å². The summed E-state index contributed by atoms with van der Waals surface area (Å²) >= 11 is 0. The Hall–Kier alpha value is -2.88. The SMILES string of the molecule is CCC(=O)c1cc(NCc2ccc(OC)cc2)nc2ccccc12. The van der Waals surface area contributed by atoms with Crippen LogP contribution >= 0.6 is 0 Å². The minimum atomic E-state index is 0.126. The molecule has 0 aliphatic rings. The van der Waals surface area contributed by atoms with Gasteiger partial charge in [-0.25, -0.2) is 4.98 Å². The van der Waals surface area contributed by atoms with E-state index in [1.54, 1.807) is 7.11 Å². The van der Waals surface area contributed by atoms with E-state index in [1.807, 2.05) is 61.5 Å². The molecule has 1 heterocycles. The van der Waals surface area contributed by atoms with E-state index in [4.69, 9.17) is 4.74 Å². The van der Waals surface area contributed by atoms with Gasteiger partial charge in [0.25, 0.3) is 0 Å². The van der Waals surface area contributed by atoms with Crippen LogP contribution in [0.25, 0.3) is 10.9 Å². The van der Waals surface area contributed by atoms with Crippen molar-refractivity contribution in [2.45, 2.75) is 19.9 Å². The number of ketones is 1. The first kappa shape index (κ1) is 16.0. The van der Waals surface area contributed by atoms with E-state index in [1.165, 1.54) is 0 Å². The van der Waals surface area contributed by atoms with Gasteiger partial charge in [0, 0.05) is 23.9 Å². The zero-order valence-electron chi connectivity index (χ0n) is 13.9. The summed E-state index contributed by atoms with van der Waals surface area (Å²) in [5.41, 5.74) is 2.67. The quantitative estimate of drug-likeness (QED) is 0.682. The molecule has 3 rings (SSSR count). The molecule has 0 fully saturated rings. The molecule has 0 radical (unpaired) electrons. The summed E-state index contributed by atoms with van der Waals surface area (Å²) in [6, 6.07) is 17.4. The highest BCUT2D eigenvalue weighted by Gasteiger charge is 2.11. The van der Waals surface area contributed by atoms with Crippen LogP contribution in [-0.4, -0.2) is 17.9 Å². The number of ether oxygens (including phenoxy) is 1. The number of pyridine rings is 1. The number of rotatable bonds is 6. The third-order valence-electron chi connectivity index (χ3n) is 3.97. The number of nitrogens with zero attached hydrogens (tertiary/aromatic N) is 1. The van der Waals surface area contributed by atoms with Gasteiger partial charge >= 0.3 is 0 Å². The Kier molecular flexibility index (Phi) is 4.75. The largest absolute Gasteiger partial charge is 0.497 e. The Balaban J connectivity index is 1.87. The molecule has 0 spiro atoms. The minimum absolute atomic E-state index is 0.126. The number of anilines is 1. The number of benzene rings is 2. The lowest BCUT2D eigenvalue weighted by Gasteiger charge is -2.11. The van der Waals surface area contributed by atoms with Gasteiger partial charge in [0.1, 0.15) is 11.6 Å². The molecular weight excluding hydrogens is 300 g/mol. The lowest BCUT2D eigenvalue weighted by Crippen LogP contribution is -2.05. The summed E-state index contributed by atoms with van der Waals surface area (Å²) in [4.78, 5) is 16.9. The number of aromatic nitrogens is 1. The first-order valence-electron chi connectivity index (χ1n) is 8.01. The average Bonchev–Trinajstić information content (AvgIpc) is 2.65. The van der Waals surface area contributed by atoms with Crippen molar-refractivity contribution in [2.75, 3.05) is 12.4 Å². The van der Waals surface area contributed by atoms with Crippen LogP contribution in [0.1, 0.15) is 29.3 Å². The normalized spacial score (nSPS) is 10.6. The summed E-state index contributed by atoms with van der Waals surface area (Å²) in [5.74, 6) is 1.67. The second-order valence-electron chi connectivity index (χ2n) is 5.55. The standard InChI is InChI=1S/C20H20N2O2/c1-3-19(23)17-12-20(22-18-7-5-4-6-16(17)18)21-13-14-8-10-15(24-2)11-9-14/h4-12H,3,13H2,1-2H3,(H,21,22). The molecule has 0 bridgehead atoms. The third-order valence-corrected chi connectivity index (χ3v) is 3.97. The maximum atomic E-state index is 12.3. The van der Waals surface area contributed by atoms with Crippen molar-refractivity contribution in [1.82, 2.24) is 4.98 Å². The summed E-state index contributed by atoms with van der Waals surface area (Å²) in [6.45, 7) is 2.51. The number of Topliss-reactive ketones (excluding diaryl/α,β-unsaturated/α-hetero) is 1. The van der Waals surface area contributed by atoms with Crippen LogP contribution in [0.2, 0.25) is 0 Å². The molecule has 3 aromatic rings. The van der Waals surface area contributed by atoms with E-state index in [0.29, 0.717) is 18.8 Å². The number of hydrogen-bond acceptors (Lipinski definition) is 4. The number of fused-ring (bicyclic) bond motifs is 1. The maximum Gasteiger partial charge on any atom is 0.163 e. The fraction of sp³-hybridized carbons (Fsp3) is 0.200. The number of para-hydroxylation sites is 1. The molecule has 0 saturated heterocycles. The maximum absolute atomic E-state index is 12.3. The van der Waals surface area contributed by atoms with Crippen LogP contribution in [-0.2, 0) is 6.54 Å². The second-order valence-corrected chi connectivity index (χ2v) is 5.55. The van der Waals surface area contributed by atoms with Gasteiger partial charge in [0.05, 0.1) is 12.6 Å². The van der Waals surface area contributed by atoms with Crippen molar-refractivity contribution in [3.05, 3.63) is 65.7 Å². The molecule has 122 valence electrons. The fourth-order valence-electron chi connectivity index (χ4n) is 2.62. The summed E-state index contributed by atoms with van der Waals surface area (Å²) in [5, 5.41) is 4.21. The highest BCUT2D eigenvalue weighted by atomic mass is 16.5. The number of carbonyl (C=O) groups excluding carboxylic acids is 1. The zero-order chi connectivity index (χ0) is 16.9. The van der Waals surface area contributed by atoms with Gasteiger partial charge in [-0.15, -0.1) is 0 Å². The first-order chi connectivity index (χ1) is 11.7. The lowest BCUT2D eigenvalue weighted by atomic mass is 10.0. The Bertz CT molecular complexity index is 857. The van der Waals surface area contributed by atoms with Gasteiger partial charge in [0.15, 0.2) is 5.78 Å². The van der Waals surface area contributed by atoms with E-state index in [-0.39, 0.29) is 5.78 Å². The molecule has 2 aromatic carbocycles. The van der Waals surface area contributed by atoms with Crippen LogP contribution in [0.15, 0.2) is 54.6 Å². The highest BCUT2D eigenvalue weighted by Crippen LogP contribution is 2.22. The molecule has 0 amide bonds. The Morgan fingerprint density at radius 2 is 1.88 bits per heavy atom. The molecule has 4 nitrogen and oxygen atoms in total. The molecular formula is C20H20N2O2. The van der Waals surface area contributed by atoms with E-state index in [0.717, 1.165) is 27.8 Å². The predicted octanol–water partition coefficient (Wildman–Crippen LogP) is 4.45. The molecule has 1 aromatic heterocycles. The number of nitrogens with one attached hydrogen (secondary N) is 1. The number of carbonyl (C=O) groups is 1. The van der Waals surface area contributed by atoms with Crippen molar-refractivity contribution >= 4 is 22.5 Å². The molecule has 0 aliphatic carbocycles. The topological polar surface area (TPSA) is 51.2 Å². The van der Waals surface area contributed by atoms with Crippen LogP contribution in [0.5, 0.6) is 5.75 Å². The van der Waals surface area contributed by atoms with Gasteiger partial charge in [0.2, 0.25) is 0 Å². The van der Waals surface area contributed by atoms with Crippen molar-refractivity contribution in [1.29, 1.82) is 0 Å². The van der Waals surface area contributed by atoms with E-state index in [2.05, 4.69) is 10.3 Å². The van der Waals surface area contributed by atoms with Gasteiger partial charge in [-0.3, -0.25) is 4.79 Å². The molecule has 0 atom stereocenters. The molecule has 0 unspecified atom stereocenters. The Morgan fingerprint density at radius 3 is 2.58 bits per heavy atom. The Morgan fingerprint density at radius 1 is 1.12 bits per heavy atom. The average molecular weight is 320 g/mol. The second kappa shape index (κ2) is 7.13. The van der Waals surface area contributed by atoms with E-state index in [9.17, 15) is 4.79 Å². The Labute approximate surface area is 141 Å². The van der Waals surface area contributed by atoms with Gasteiger partial charge in [-0.05, 0) is 29.8 Å². The van der Waals surface area contributed by atoms with Gasteiger partial charge in [-0.2, -0.15) is 0 Å². The van der Waals surface area contributed by atoms with Crippen molar-refractivity contribution in [2.24, 2.45) is 0 Å². The smallest absolute Gasteiger partial charge is 0.163 e. The number of methoxy groups -OCH3 is 1. The van der Waals surface area contributed by atoms with Crippen molar-refractivity contribution in [3.63, 3.8) is 0 Å². The van der Waals surface area contributed by atoms with Crippen LogP contribution in [0, 0.1) is 0 Å². The van der Waals surface area contributed by atoms with Crippen molar-refractivity contribution < 1.29 is 9.53 Å². The summed E-state index contributed by atoms with van der Waals surface area (Å²) < 4.78 is 5.16. The van der Waals surface area contributed by atoms with Crippen LogP contribution in [0.4, 0.5) is 5.82 Å². The monoisotopic (exact) mass is 320 g/mol. The van der Waals surface area contributed by atoms with Crippen molar-refractivity contribution in [3.8, 4) is 5.75 Å². The molecule has 0 saturated carbocycles. The minimum Gasteiger partial charge on any atom is -0.497 e. The molecule has 1 N–H and O–H groups in total. The van der Waals surface area contributed by atoms with E-state index < -0.39 is 0 Å². The molecule has 24 heavy (non-hydrogen) atoms. The highest BCUT2D eigenvalue weighted by molar-refractivity contribution is 6.07. The van der Waals surface area contributed by atoms with E-state index >= 15 is 0 Å². The predicted molar refractivity (Wildman–Crippen MR) is 96.7 cm³/mol. The summed E-state index contributed by atoms with van der Waals surface area (Å²) in [6.07, 6.45) is 0.478. The van der Waals surface area contributed by atoms with Crippen LogP contribution in [0.3, 0.4) is 0 Å². The molecule has 0 aliphatic heterocycles. The lowest BCUT2D eigenvalue weighted by molar-refractivity contribution is 0.0989. The summed E-state index contributed by atoms with van der Waals surface area (Å²) in [7, 11) is 1.65. The first-order valence-corrected chi connectivity index (χ1v) is 8.01. The van der Waals surface area contributed by atoms with Gasteiger partial charge in [-0.1, -0.05) is 37.3 Å². The molecule has 4 heteroatoms. The number of hydrogen-bond donors (Lipinski definition) is 1. The zero-order valence-corrected chi connectivity index (χ0v) is 13.9.